The summed E-state index contributed by atoms with van der Waals surface area (Å²) in [7, 11) is 0. The number of hydrogen-bond donors (Lipinski definition) is 0. The molecule has 0 aromatic carbocycles. The minimum absolute atomic E-state index is 0.00252. The van der Waals surface area contributed by atoms with Gasteiger partial charge < -0.3 is 4.90 Å². The Kier molecular flexibility index (Phi) is 5.08. The molecule has 0 fully saturated rings. The van der Waals surface area contributed by atoms with Crippen molar-refractivity contribution in [2.45, 2.75) is 40.5 Å². The smallest absolute Gasteiger partial charge is 0.133 e. The first-order valence-electron chi connectivity index (χ1n) is 6.48. The van der Waals surface area contributed by atoms with Crippen molar-refractivity contribution >= 4 is 5.82 Å². The van der Waals surface area contributed by atoms with Gasteiger partial charge in [-0.15, -0.1) is 0 Å². The fourth-order valence-electron chi connectivity index (χ4n) is 1.75. The monoisotopic (exact) mass is 246 g/mol. The largest absolute Gasteiger partial charge is 0.355 e. The molecule has 1 rings (SSSR count). The van der Waals surface area contributed by atoms with Gasteiger partial charge in [-0.3, -0.25) is 0 Å². The molecule has 4 nitrogen and oxygen atoms in total. The molecule has 98 valence electrons. The van der Waals surface area contributed by atoms with Gasteiger partial charge in [0.05, 0.1) is 12.0 Å². The predicted octanol–water partition coefficient (Wildman–Crippen LogP) is 2.89. The highest BCUT2D eigenvalue weighted by atomic mass is 15.2. The summed E-state index contributed by atoms with van der Waals surface area (Å²) in [6.07, 6.45) is 0. The molecule has 1 aromatic rings. The van der Waals surface area contributed by atoms with E-state index in [-0.39, 0.29) is 5.92 Å². The van der Waals surface area contributed by atoms with Crippen LogP contribution in [0.3, 0.4) is 0 Å². The van der Waals surface area contributed by atoms with Gasteiger partial charge in [-0.2, -0.15) is 5.26 Å². The molecule has 0 aliphatic carbocycles. The number of aromatic nitrogens is 2. The first-order valence-corrected chi connectivity index (χ1v) is 6.48. The molecule has 0 aliphatic heterocycles. The van der Waals surface area contributed by atoms with Crippen LogP contribution in [0, 0.1) is 24.2 Å². The number of aryl methyl sites for hydroxylation is 1. The van der Waals surface area contributed by atoms with Gasteiger partial charge in [-0.25, -0.2) is 9.97 Å². The van der Waals surface area contributed by atoms with Crippen LogP contribution in [0.5, 0.6) is 0 Å². The molecule has 1 atom stereocenters. The van der Waals surface area contributed by atoms with Crippen molar-refractivity contribution in [1.29, 1.82) is 5.26 Å². The Morgan fingerprint density at radius 1 is 1.33 bits per heavy atom. The highest BCUT2D eigenvalue weighted by molar-refractivity contribution is 5.40. The van der Waals surface area contributed by atoms with Crippen LogP contribution in [0.15, 0.2) is 6.07 Å². The molecule has 0 saturated carbocycles. The van der Waals surface area contributed by atoms with E-state index in [4.69, 9.17) is 5.26 Å². The van der Waals surface area contributed by atoms with E-state index in [2.05, 4.69) is 41.7 Å². The second-order valence-corrected chi connectivity index (χ2v) is 4.95. The van der Waals surface area contributed by atoms with Gasteiger partial charge in [0.15, 0.2) is 0 Å². The van der Waals surface area contributed by atoms with Crippen molar-refractivity contribution in [2.24, 2.45) is 5.92 Å². The van der Waals surface area contributed by atoms with E-state index in [0.29, 0.717) is 12.5 Å². The van der Waals surface area contributed by atoms with Crippen LogP contribution in [0.25, 0.3) is 0 Å². The summed E-state index contributed by atoms with van der Waals surface area (Å²) in [6, 6.07) is 4.25. The van der Waals surface area contributed by atoms with Crippen molar-refractivity contribution in [3.63, 3.8) is 0 Å². The van der Waals surface area contributed by atoms with E-state index < -0.39 is 0 Å². The molecule has 1 aromatic heterocycles. The molecule has 1 unspecified atom stereocenters. The quantitative estimate of drug-likeness (QED) is 0.801. The maximum atomic E-state index is 8.91. The molecule has 0 aliphatic rings. The number of nitriles is 1. The van der Waals surface area contributed by atoms with Gasteiger partial charge in [0.1, 0.15) is 11.6 Å². The SMILES string of the molecule is CCN(CC(C)C#N)c1cc(C)nc(C(C)C)n1. The zero-order valence-corrected chi connectivity index (χ0v) is 11.9. The van der Waals surface area contributed by atoms with Crippen molar-refractivity contribution in [3.05, 3.63) is 17.6 Å². The molecule has 0 amide bonds. The van der Waals surface area contributed by atoms with E-state index in [0.717, 1.165) is 23.9 Å². The number of rotatable bonds is 5. The third-order valence-electron chi connectivity index (χ3n) is 2.79. The fourth-order valence-corrected chi connectivity index (χ4v) is 1.75. The van der Waals surface area contributed by atoms with Crippen LogP contribution in [-0.2, 0) is 0 Å². The lowest BCUT2D eigenvalue weighted by Crippen LogP contribution is -2.29. The van der Waals surface area contributed by atoms with Crippen LogP contribution in [0.1, 0.15) is 45.1 Å². The molecule has 0 bridgehead atoms. The molecule has 0 spiro atoms. The first kappa shape index (κ1) is 14.4. The topological polar surface area (TPSA) is 52.8 Å². The Bertz CT molecular complexity index is 434. The Morgan fingerprint density at radius 3 is 2.50 bits per heavy atom. The molecular formula is C14H22N4. The van der Waals surface area contributed by atoms with Crippen molar-refractivity contribution in [1.82, 2.24) is 9.97 Å². The second kappa shape index (κ2) is 6.34. The molecule has 4 heteroatoms. The predicted molar refractivity (Wildman–Crippen MR) is 73.5 cm³/mol. The summed E-state index contributed by atoms with van der Waals surface area (Å²) in [6.45, 7) is 11.7. The maximum absolute atomic E-state index is 8.91. The first-order chi connectivity index (χ1) is 8.47. The highest BCUT2D eigenvalue weighted by Crippen LogP contribution is 2.18. The number of anilines is 1. The van der Waals surface area contributed by atoms with Gasteiger partial charge >= 0.3 is 0 Å². The minimum atomic E-state index is 0.00252. The Hall–Kier alpha value is -1.63. The van der Waals surface area contributed by atoms with E-state index in [1.54, 1.807) is 0 Å². The third kappa shape index (κ3) is 3.69. The normalized spacial score (nSPS) is 12.3. The summed E-state index contributed by atoms with van der Waals surface area (Å²) in [4.78, 5) is 11.2. The lowest BCUT2D eigenvalue weighted by Gasteiger charge is -2.24. The van der Waals surface area contributed by atoms with E-state index >= 15 is 0 Å². The molecule has 1 heterocycles. The number of nitrogens with zero attached hydrogens (tertiary/aromatic N) is 4. The Morgan fingerprint density at radius 2 is 2.00 bits per heavy atom. The summed E-state index contributed by atoms with van der Waals surface area (Å²) in [5.74, 6) is 2.11. The van der Waals surface area contributed by atoms with Gasteiger partial charge in [0, 0.05) is 30.8 Å². The highest BCUT2D eigenvalue weighted by Gasteiger charge is 2.13. The van der Waals surface area contributed by atoms with E-state index in [1.165, 1.54) is 0 Å². The van der Waals surface area contributed by atoms with E-state index in [9.17, 15) is 0 Å². The zero-order valence-electron chi connectivity index (χ0n) is 11.9. The van der Waals surface area contributed by atoms with Gasteiger partial charge in [0.25, 0.3) is 0 Å². The Labute approximate surface area is 110 Å². The maximum Gasteiger partial charge on any atom is 0.133 e. The third-order valence-corrected chi connectivity index (χ3v) is 2.79. The lowest BCUT2D eigenvalue weighted by molar-refractivity contribution is 0.670. The summed E-state index contributed by atoms with van der Waals surface area (Å²) < 4.78 is 0. The van der Waals surface area contributed by atoms with E-state index in [1.807, 2.05) is 19.9 Å². The zero-order chi connectivity index (χ0) is 13.7. The van der Waals surface area contributed by atoms with Crippen molar-refractivity contribution in [3.8, 4) is 6.07 Å². The second-order valence-electron chi connectivity index (χ2n) is 4.95. The molecule has 18 heavy (non-hydrogen) atoms. The van der Waals surface area contributed by atoms with Crippen LogP contribution in [-0.4, -0.2) is 23.1 Å². The molecule has 0 saturated heterocycles. The van der Waals surface area contributed by atoms with Gasteiger partial charge in [0.2, 0.25) is 0 Å². The van der Waals surface area contributed by atoms with Crippen LogP contribution in [0.4, 0.5) is 5.82 Å². The van der Waals surface area contributed by atoms with Crippen LogP contribution in [0.2, 0.25) is 0 Å². The average Bonchev–Trinajstić information content (AvgIpc) is 2.34. The summed E-state index contributed by atoms with van der Waals surface area (Å²) in [5.41, 5.74) is 0.978. The summed E-state index contributed by atoms with van der Waals surface area (Å²) >= 11 is 0. The fraction of sp³-hybridized carbons (Fsp3) is 0.643. The number of hydrogen-bond acceptors (Lipinski definition) is 4. The minimum Gasteiger partial charge on any atom is -0.355 e. The molecule has 0 N–H and O–H groups in total. The average molecular weight is 246 g/mol. The standard InChI is InChI=1S/C14H22N4/c1-6-18(9-11(4)8-15)13-7-12(5)16-14(17-13)10(2)3/h7,10-11H,6,9H2,1-5H3. The van der Waals surface area contributed by atoms with Gasteiger partial charge in [-0.1, -0.05) is 13.8 Å². The van der Waals surface area contributed by atoms with Crippen LogP contribution >= 0.6 is 0 Å². The van der Waals surface area contributed by atoms with Gasteiger partial charge in [-0.05, 0) is 20.8 Å². The molecule has 0 radical (unpaired) electrons. The van der Waals surface area contributed by atoms with Crippen molar-refractivity contribution in [2.75, 3.05) is 18.0 Å². The van der Waals surface area contributed by atoms with Crippen molar-refractivity contribution < 1.29 is 0 Å². The lowest BCUT2D eigenvalue weighted by atomic mass is 10.2. The Balaban J connectivity index is 3.02. The van der Waals surface area contributed by atoms with Crippen LogP contribution < -0.4 is 4.90 Å². The summed E-state index contributed by atoms with van der Waals surface area (Å²) in [5, 5.41) is 8.91. The molecular weight excluding hydrogens is 224 g/mol.